The average Bonchev–Trinajstić information content (AvgIpc) is 3.64. The van der Waals surface area contributed by atoms with Gasteiger partial charge in [0.1, 0.15) is 11.5 Å². The third-order valence-electron chi connectivity index (χ3n) is 6.83. The summed E-state index contributed by atoms with van der Waals surface area (Å²) in [6.45, 7) is 1.29. The number of nitrogens with zero attached hydrogens (tertiary/aromatic N) is 4. The molecule has 4 heterocycles. The number of hydrogen-bond donors (Lipinski definition) is 2. The molecule has 1 amide bonds. The number of morpholine rings is 1. The fourth-order valence-corrected chi connectivity index (χ4v) is 6.86. The molecule has 0 bridgehead atoms. The first kappa shape index (κ1) is 25.6. The van der Waals surface area contributed by atoms with Crippen LogP contribution >= 0.6 is 11.3 Å². The number of rotatable bonds is 6. The number of benzene rings is 1. The van der Waals surface area contributed by atoms with Gasteiger partial charge in [0.05, 0.1) is 28.7 Å². The first-order chi connectivity index (χ1) is 18.9. The Morgan fingerprint density at radius 1 is 1.08 bits per heavy atom. The highest BCUT2D eigenvalue weighted by Gasteiger charge is 2.27. The number of carbonyl (C=O) groups excluding carboxylic acids is 1. The van der Waals surface area contributed by atoms with Crippen LogP contribution in [0.5, 0.6) is 0 Å². The molecule has 0 radical (unpaired) electrons. The summed E-state index contributed by atoms with van der Waals surface area (Å²) >= 11 is 1.50. The van der Waals surface area contributed by atoms with Crippen molar-refractivity contribution in [2.75, 3.05) is 31.6 Å². The molecule has 6 rings (SSSR count). The van der Waals surface area contributed by atoms with Crippen molar-refractivity contribution in [1.82, 2.24) is 24.1 Å². The van der Waals surface area contributed by atoms with E-state index in [-0.39, 0.29) is 22.0 Å². The summed E-state index contributed by atoms with van der Waals surface area (Å²) in [7, 11) is -3.67. The summed E-state index contributed by atoms with van der Waals surface area (Å²) in [5.74, 6) is 0.0996. The van der Waals surface area contributed by atoms with E-state index in [0.717, 1.165) is 23.4 Å². The van der Waals surface area contributed by atoms with Gasteiger partial charge in [0, 0.05) is 30.3 Å². The molecule has 1 aliphatic heterocycles. The lowest BCUT2D eigenvalue weighted by Crippen LogP contribution is -2.40. The summed E-state index contributed by atoms with van der Waals surface area (Å²) in [6.07, 6.45) is 3.32. The Kier molecular flexibility index (Phi) is 6.89. The lowest BCUT2D eigenvalue weighted by molar-refractivity contribution is 0.0730. The maximum absolute atomic E-state index is 13.2. The van der Waals surface area contributed by atoms with Crippen LogP contribution < -0.4 is 10.9 Å². The maximum Gasteiger partial charge on any atom is 0.256 e. The van der Waals surface area contributed by atoms with Crippen LogP contribution in [0.1, 0.15) is 34.5 Å². The van der Waals surface area contributed by atoms with Gasteiger partial charge < -0.3 is 10.1 Å². The van der Waals surface area contributed by atoms with Crippen LogP contribution in [0.2, 0.25) is 0 Å². The summed E-state index contributed by atoms with van der Waals surface area (Å²) in [6, 6.07) is 11.3. The van der Waals surface area contributed by atoms with Crippen LogP contribution in [-0.4, -0.2) is 64.7 Å². The molecule has 13 heteroatoms. The lowest BCUT2D eigenvalue weighted by atomic mass is 9.97. The van der Waals surface area contributed by atoms with Gasteiger partial charge in [-0.1, -0.05) is 6.07 Å². The summed E-state index contributed by atoms with van der Waals surface area (Å²) in [5.41, 5.74) is 2.15. The number of anilines is 1. The summed E-state index contributed by atoms with van der Waals surface area (Å²) in [4.78, 5) is 34.5. The zero-order valence-electron chi connectivity index (χ0n) is 20.9. The number of aromatic amines is 1. The molecule has 1 fully saturated rings. The molecule has 11 nitrogen and oxygen atoms in total. The van der Waals surface area contributed by atoms with Crippen molar-refractivity contribution in [2.24, 2.45) is 0 Å². The highest BCUT2D eigenvalue weighted by molar-refractivity contribution is 7.89. The van der Waals surface area contributed by atoms with E-state index < -0.39 is 15.9 Å². The summed E-state index contributed by atoms with van der Waals surface area (Å²) < 4.78 is 33.9. The van der Waals surface area contributed by atoms with Crippen molar-refractivity contribution in [3.8, 4) is 16.5 Å². The molecule has 2 aliphatic rings. The third kappa shape index (κ3) is 5.05. The molecule has 4 aromatic rings. The molecule has 1 aliphatic carbocycles. The Bertz CT molecular complexity index is 1670. The Balaban J connectivity index is 1.30. The normalized spacial score (nSPS) is 16.1. The third-order valence-corrected chi connectivity index (χ3v) is 9.63. The molecule has 0 atom stereocenters. The molecule has 3 aromatic heterocycles. The van der Waals surface area contributed by atoms with E-state index in [1.165, 1.54) is 44.6 Å². The van der Waals surface area contributed by atoms with E-state index in [9.17, 15) is 18.0 Å². The Hall–Kier alpha value is -3.65. The van der Waals surface area contributed by atoms with E-state index >= 15 is 0 Å². The number of aryl methyl sites for hydroxylation is 1. The first-order valence-electron chi connectivity index (χ1n) is 12.7. The van der Waals surface area contributed by atoms with Crippen LogP contribution in [0, 0.1) is 0 Å². The van der Waals surface area contributed by atoms with Crippen molar-refractivity contribution >= 4 is 33.1 Å². The number of aromatic nitrogens is 4. The molecule has 0 saturated carbocycles. The van der Waals surface area contributed by atoms with Crippen molar-refractivity contribution in [1.29, 1.82) is 0 Å². The van der Waals surface area contributed by atoms with Crippen LogP contribution in [0.4, 0.5) is 5.82 Å². The minimum absolute atomic E-state index is 0.113. The predicted molar refractivity (Wildman–Crippen MR) is 146 cm³/mol. The molecule has 1 aromatic carbocycles. The fourth-order valence-electron chi connectivity index (χ4n) is 4.77. The van der Waals surface area contributed by atoms with Crippen molar-refractivity contribution < 1.29 is 17.9 Å². The number of H-pyrrole nitrogens is 1. The molecule has 39 heavy (non-hydrogen) atoms. The van der Waals surface area contributed by atoms with Gasteiger partial charge in [0.15, 0.2) is 0 Å². The van der Waals surface area contributed by atoms with Crippen LogP contribution in [0.15, 0.2) is 57.5 Å². The molecule has 1 saturated heterocycles. The highest BCUT2D eigenvalue weighted by Crippen LogP contribution is 2.28. The Morgan fingerprint density at radius 2 is 1.85 bits per heavy atom. The summed E-state index contributed by atoms with van der Waals surface area (Å²) in [5, 5.41) is 9.43. The molecular formula is C26H26N6O5S2. The Labute approximate surface area is 228 Å². The second-order valence-corrected chi connectivity index (χ2v) is 12.2. The second-order valence-electron chi connectivity index (χ2n) is 9.32. The van der Waals surface area contributed by atoms with Crippen molar-refractivity contribution in [2.45, 2.75) is 30.6 Å². The van der Waals surface area contributed by atoms with Gasteiger partial charge in [-0.3, -0.25) is 14.6 Å². The number of fused-ring (bicyclic) bond motifs is 1. The number of carbonyl (C=O) groups is 1. The van der Waals surface area contributed by atoms with Crippen molar-refractivity contribution in [3.05, 3.63) is 75.0 Å². The van der Waals surface area contributed by atoms with Crippen molar-refractivity contribution in [3.63, 3.8) is 0 Å². The van der Waals surface area contributed by atoms with E-state index in [4.69, 9.17) is 4.74 Å². The van der Waals surface area contributed by atoms with Crippen LogP contribution in [0.25, 0.3) is 16.5 Å². The lowest BCUT2D eigenvalue weighted by Gasteiger charge is -2.26. The minimum atomic E-state index is -3.67. The fraction of sp³-hybridized carbons (Fsp3) is 0.308. The molecule has 0 spiro atoms. The number of hydrogen-bond acceptors (Lipinski definition) is 8. The standard InChI is InChI=1S/C26H26N6O5S2/c33-24(17-7-9-18(10-8-17)39(35,36)31-11-13-37-14-12-31)28-23-16-21(22-6-3-15-38-22)30-32(23)26-27-20-5-2-1-4-19(20)25(34)29-26/h3,6-10,15-16H,1-2,4-5,11-14H2,(H,28,33)(H,27,29,34). The van der Waals surface area contributed by atoms with Gasteiger partial charge in [0.25, 0.3) is 11.5 Å². The number of ether oxygens (including phenoxy) is 1. The minimum Gasteiger partial charge on any atom is -0.379 e. The van der Waals surface area contributed by atoms with Gasteiger partial charge in [-0.25, -0.2) is 13.4 Å². The number of thiophene rings is 1. The molecule has 2 N–H and O–H groups in total. The van der Waals surface area contributed by atoms with Gasteiger partial charge >= 0.3 is 0 Å². The number of nitrogens with one attached hydrogen (secondary N) is 2. The zero-order valence-corrected chi connectivity index (χ0v) is 22.6. The first-order valence-corrected chi connectivity index (χ1v) is 15.0. The zero-order chi connectivity index (χ0) is 27.0. The van der Waals surface area contributed by atoms with Crippen LogP contribution in [-0.2, 0) is 27.6 Å². The van der Waals surface area contributed by atoms with E-state index in [0.29, 0.717) is 56.2 Å². The largest absolute Gasteiger partial charge is 0.379 e. The monoisotopic (exact) mass is 566 g/mol. The second kappa shape index (κ2) is 10.5. The van der Waals surface area contributed by atoms with Gasteiger partial charge in [-0.05, 0) is 61.4 Å². The number of sulfonamides is 1. The van der Waals surface area contributed by atoms with Gasteiger partial charge in [0.2, 0.25) is 16.0 Å². The van der Waals surface area contributed by atoms with Gasteiger partial charge in [-0.15, -0.1) is 11.3 Å². The molecule has 202 valence electrons. The predicted octanol–water partition coefficient (Wildman–Crippen LogP) is 2.84. The quantitative estimate of drug-likeness (QED) is 0.366. The molecule has 0 unspecified atom stereocenters. The van der Waals surface area contributed by atoms with Gasteiger partial charge in [-0.2, -0.15) is 14.1 Å². The topological polar surface area (TPSA) is 139 Å². The number of amides is 1. The smallest absolute Gasteiger partial charge is 0.256 e. The average molecular weight is 567 g/mol. The SMILES string of the molecule is O=C(Nc1cc(-c2cccs2)nn1-c1nc2c(c(=O)[nH]1)CCCC2)c1ccc(S(=O)(=O)N2CCOCC2)cc1. The highest BCUT2D eigenvalue weighted by atomic mass is 32.2. The molecular weight excluding hydrogens is 540 g/mol. The maximum atomic E-state index is 13.2. The van der Waals surface area contributed by atoms with E-state index in [1.54, 1.807) is 6.07 Å². The Morgan fingerprint density at radius 3 is 2.59 bits per heavy atom. The van der Waals surface area contributed by atoms with E-state index in [1.807, 2.05) is 17.5 Å². The van der Waals surface area contributed by atoms with E-state index in [2.05, 4.69) is 20.4 Å². The van der Waals surface area contributed by atoms with Crippen LogP contribution in [0.3, 0.4) is 0 Å².